The van der Waals surface area contributed by atoms with Gasteiger partial charge in [0.25, 0.3) is 0 Å². The van der Waals surface area contributed by atoms with Crippen molar-refractivity contribution in [3.63, 3.8) is 0 Å². The molecule has 0 saturated carbocycles. The predicted molar refractivity (Wildman–Crippen MR) is 103 cm³/mol. The maximum Gasteiger partial charge on any atom is 0.176 e. The van der Waals surface area contributed by atoms with Crippen LogP contribution in [0, 0.1) is 6.92 Å². The highest BCUT2D eigenvalue weighted by Gasteiger charge is 2.22. The van der Waals surface area contributed by atoms with Gasteiger partial charge in [-0.1, -0.05) is 66.6 Å². The minimum atomic E-state index is 0.155. The van der Waals surface area contributed by atoms with Crippen LogP contribution < -0.4 is 5.32 Å². The van der Waals surface area contributed by atoms with Gasteiger partial charge in [0, 0.05) is 18.2 Å². The number of rotatable bonds is 7. The summed E-state index contributed by atoms with van der Waals surface area (Å²) in [4.78, 5) is 14.9. The first-order chi connectivity index (χ1) is 12.2. The quantitative estimate of drug-likeness (QED) is 0.776. The zero-order valence-electron chi connectivity index (χ0n) is 15.1. The van der Waals surface area contributed by atoms with E-state index in [-0.39, 0.29) is 5.78 Å². The number of likely N-dealkylation sites (tertiary alicyclic amines) is 1. The molecule has 0 aliphatic carbocycles. The van der Waals surface area contributed by atoms with Gasteiger partial charge in [0.05, 0.1) is 6.54 Å². The largest absolute Gasteiger partial charge is 0.308 e. The van der Waals surface area contributed by atoms with Gasteiger partial charge in [-0.3, -0.25) is 9.69 Å². The SMILES string of the molecule is Cc1ccc(C(CNCC(=O)c2ccccc2)N2CCCCC2)cc1. The second-order valence-corrected chi connectivity index (χ2v) is 6.94. The van der Waals surface area contributed by atoms with E-state index in [1.54, 1.807) is 0 Å². The molecular formula is C22H28N2O. The standard InChI is InChI=1S/C22H28N2O/c1-18-10-12-19(13-11-18)21(24-14-6-3-7-15-24)16-23-17-22(25)20-8-4-2-5-9-20/h2,4-5,8-13,21,23H,3,6-7,14-17H2,1H3. The average molecular weight is 336 g/mol. The summed E-state index contributed by atoms with van der Waals surface area (Å²) in [6.45, 7) is 5.61. The molecule has 1 heterocycles. The van der Waals surface area contributed by atoms with E-state index in [0.29, 0.717) is 12.6 Å². The molecule has 1 fully saturated rings. The first-order valence-electron chi connectivity index (χ1n) is 9.33. The van der Waals surface area contributed by atoms with E-state index in [1.165, 1.54) is 30.4 Å². The lowest BCUT2D eigenvalue weighted by atomic mass is 10.0. The Hall–Kier alpha value is -1.97. The van der Waals surface area contributed by atoms with Crippen molar-refractivity contribution in [2.24, 2.45) is 0 Å². The lowest BCUT2D eigenvalue weighted by molar-refractivity contribution is 0.0983. The Bertz CT molecular complexity index is 660. The average Bonchev–Trinajstić information content (AvgIpc) is 2.67. The van der Waals surface area contributed by atoms with Crippen LogP contribution in [0.2, 0.25) is 0 Å². The number of hydrogen-bond acceptors (Lipinski definition) is 3. The van der Waals surface area contributed by atoms with Crippen LogP contribution in [0.1, 0.15) is 46.8 Å². The van der Waals surface area contributed by atoms with Crippen LogP contribution in [-0.4, -0.2) is 36.9 Å². The molecule has 0 amide bonds. The minimum Gasteiger partial charge on any atom is -0.308 e. The van der Waals surface area contributed by atoms with E-state index in [0.717, 1.165) is 25.2 Å². The summed E-state index contributed by atoms with van der Waals surface area (Å²) >= 11 is 0. The van der Waals surface area contributed by atoms with Crippen molar-refractivity contribution in [1.29, 1.82) is 0 Å². The van der Waals surface area contributed by atoms with E-state index < -0.39 is 0 Å². The van der Waals surface area contributed by atoms with Crippen LogP contribution in [0.25, 0.3) is 0 Å². The van der Waals surface area contributed by atoms with E-state index in [2.05, 4.69) is 41.4 Å². The smallest absolute Gasteiger partial charge is 0.176 e. The van der Waals surface area contributed by atoms with Gasteiger partial charge in [-0.25, -0.2) is 0 Å². The van der Waals surface area contributed by atoms with Crippen molar-refractivity contribution < 1.29 is 4.79 Å². The molecule has 1 aliphatic heterocycles. The highest BCUT2D eigenvalue weighted by Crippen LogP contribution is 2.24. The molecule has 0 aromatic heterocycles. The molecule has 1 N–H and O–H groups in total. The van der Waals surface area contributed by atoms with Crippen LogP contribution in [0.5, 0.6) is 0 Å². The van der Waals surface area contributed by atoms with Gasteiger partial charge in [-0.15, -0.1) is 0 Å². The first kappa shape index (κ1) is 17.8. The molecule has 2 aromatic carbocycles. The number of nitrogens with one attached hydrogen (secondary N) is 1. The maximum atomic E-state index is 12.3. The topological polar surface area (TPSA) is 32.3 Å². The van der Waals surface area contributed by atoms with E-state index in [1.807, 2.05) is 30.3 Å². The third-order valence-electron chi connectivity index (χ3n) is 5.01. The Labute approximate surface area is 151 Å². The van der Waals surface area contributed by atoms with Gasteiger partial charge >= 0.3 is 0 Å². The monoisotopic (exact) mass is 336 g/mol. The third kappa shape index (κ3) is 5.00. The third-order valence-corrected chi connectivity index (χ3v) is 5.01. The number of nitrogens with zero attached hydrogens (tertiary/aromatic N) is 1. The fourth-order valence-corrected chi connectivity index (χ4v) is 3.52. The number of ketones is 1. The molecule has 0 bridgehead atoms. The highest BCUT2D eigenvalue weighted by atomic mass is 16.1. The summed E-state index contributed by atoms with van der Waals surface area (Å²) < 4.78 is 0. The lowest BCUT2D eigenvalue weighted by Gasteiger charge is -2.35. The van der Waals surface area contributed by atoms with Gasteiger partial charge in [-0.05, 0) is 38.4 Å². The first-order valence-corrected chi connectivity index (χ1v) is 9.33. The van der Waals surface area contributed by atoms with Crippen molar-refractivity contribution in [1.82, 2.24) is 10.2 Å². The van der Waals surface area contributed by atoms with Gasteiger partial charge < -0.3 is 5.32 Å². The van der Waals surface area contributed by atoms with Crippen LogP contribution >= 0.6 is 0 Å². The number of hydrogen-bond donors (Lipinski definition) is 1. The number of carbonyl (C=O) groups excluding carboxylic acids is 1. The summed E-state index contributed by atoms with van der Waals surface area (Å²) in [7, 11) is 0. The molecule has 3 rings (SSSR count). The molecule has 3 nitrogen and oxygen atoms in total. The molecule has 132 valence electrons. The Morgan fingerprint density at radius 2 is 1.68 bits per heavy atom. The Morgan fingerprint density at radius 3 is 2.36 bits per heavy atom. The van der Waals surface area contributed by atoms with Gasteiger partial charge in [0.2, 0.25) is 0 Å². The Balaban J connectivity index is 1.63. The number of benzene rings is 2. The second-order valence-electron chi connectivity index (χ2n) is 6.94. The molecule has 3 heteroatoms. The fraction of sp³-hybridized carbons (Fsp3) is 0.409. The van der Waals surface area contributed by atoms with E-state index in [4.69, 9.17) is 0 Å². The summed E-state index contributed by atoms with van der Waals surface area (Å²) in [6, 6.07) is 18.7. The number of aryl methyl sites for hydroxylation is 1. The second kappa shape index (κ2) is 8.93. The van der Waals surface area contributed by atoms with Crippen molar-refractivity contribution >= 4 is 5.78 Å². The molecule has 1 atom stereocenters. The summed E-state index contributed by atoms with van der Waals surface area (Å²) in [6.07, 6.45) is 3.87. The van der Waals surface area contributed by atoms with Crippen molar-refractivity contribution in [2.75, 3.05) is 26.2 Å². The molecule has 1 unspecified atom stereocenters. The fourth-order valence-electron chi connectivity index (χ4n) is 3.52. The summed E-state index contributed by atoms with van der Waals surface area (Å²) in [5.41, 5.74) is 3.40. The predicted octanol–water partition coefficient (Wildman–Crippen LogP) is 3.99. The van der Waals surface area contributed by atoms with Crippen molar-refractivity contribution in [3.8, 4) is 0 Å². The maximum absolute atomic E-state index is 12.3. The summed E-state index contributed by atoms with van der Waals surface area (Å²) in [5, 5.41) is 3.40. The number of Topliss-reactive ketones (excluding diaryl/α,β-unsaturated/α-hetero) is 1. The zero-order valence-corrected chi connectivity index (χ0v) is 15.1. The van der Waals surface area contributed by atoms with Crippen molar-refractivity contribution in [3.05, 3.63) is 71.3 Å². The normalized spacial score (nSPS) is 16.5. The van der Waals surface area contributed by atoms with Crippen LogP contribution in [0.3, 0.4) is 0 Å². The van der Waals surface area contributed by atoms with Gasteiger partial charge in [0.15, 0.2) is 5.78 Å². The molecule has 2 aromatic rings. The van der Waals surface area contributed by atoms with Crippen LogP contribution in [0.15, 0.2) is 54.6 Å². The molecule has 1 aliphatic rings. The Morgan fingerprint density at radius 1 is 1.00 bits per heavy atom. The van der Waals surface area contributed by atoms with E-state index in [9.17, 15) is 4.79 Å². The Kier molecular flexibility index (Phi) is 6.37. The number of carbonyl (C=O) groups is 1. The van der Waals surface area contributed by atoms with Crippen LogP contribution in [-0.2, 0) is 0 Å². The number of piperidine rings is 1. The molecular weight excluding hydrogens is 308 g/mol. The molecule has 0 spiro atoms. The van der Waals surface area contributed by atoms with Gasteiger partial charge in [-0.2, -0.15) is 0 Å². The van der Waals surface area contributed by atoms with E-state index >= 15 is 0 Å². The minimum absolute atomic E-state index is 0.155. The summed E-state index contributed by atoms with van der Waals surface area (Å²) in [5.74, 6) is 0.155. The zero-order chi connectivity index (χ0) is 17.5. The van der Waals surface area contributed by atoms with Gasteiger partial charge in [0.1, 0.15) is 0 Å². The van der Waals surface area contributed by atoms with Crippen molar-refractivity contribution in [2.45, 2.75) is 32.2 Å². The molecule has 1 saturated heterocycles. The molecule has 25 heavy (non-hydrogen) atoms. The molecule has 0 radical (unpaired) electrons. The lowest BCUT2D eigenvalue weighted by Crippen LogP contribution is -2.40. The highest BCUT2D eigenvalue weighted by molar-refractivity contribution is 5.97. The van der Waals surface area contributed by atoms with Crippen LogP contribution in [0.4, 0.5) is 0 Å².